The van der Waals surface area contributed by atoms with E-state index in [1.165, 1.54) is 0 Å². The predicted molar refractivity (Wildman–Crippen MR) is 134 cm³/mol. The van der Waals surface area contributed by atoms with Crippen molar-refractivity contribution in [1.82, 2.24) is 15.0 Å². The lowest BCUT2D eigenvalue weighted by Gasteiger charge is -2.30. The summed E-state index contributed by atoms with van der Waals surface area (Å²) in [6, 6.07) is 17.9. The SMILES string of the molecule is C(=N/Nc1nc(N2CCOCC2)nc(N2CCOCC2)n1)/c1cccc(OCc2ccccc2)c1. The molecule has 0 radical (unpaired) electrons. The van der Waals surface area contributed by atoms with Gasteiger partial charge >= 0.3 is 0 Å². The number of anilines is 3. The molecule has 182 valence electrons. The van der Waals surface area contributed by atoms with Gasteiger partial charge in [-0.25, -0.2) is 5.43 Å². The van der Waals surface area contributed by atoms with Crippen molar-refractivity contribution in [2.75, 3.05) is 67.8 Å². The fourth-order valence-electron chi connectivity index (χ4n) is 3.80. The Kier molecular flexibility index (Phi) is 7.61. The van der Waals surface area contributed by atoms with Gasteiger partial charge in [-0.2, -0.15) is 20.1 Å². The van der Waals surface area contributed by atoms with Crippen LogP contribution in [0.3, 0.4) is 0 Å². The number of hydrazone groups is 1. The summed E-state index contributed by atoms with van der Waals surface area (Å²) in [5.74, 6) is 2.43. The molecule has 0 bridgehead atoms. The van der Waals surface area contributed by atoms with Crippen molar-refractivity contribution in [2.24, 2.45) is 5.10 Å². The first-order valence-corrected chi connectivity index (χ1v) is 11.8. The molecule has 0 unspecified atom stereocenters. The molecule has 0 spiro atoms. The van der Waals surface area contributed by atoms with E-state index in [0.29, 0.717) is 50.9 Å². The van der Waals surface area contributed by atoms with Gasteiger partial charge in [0.15, 0.2) is 0 Å². The van der Waals surface area contributed by atoms with Crippen LogP contribution in [-0.2, 0) is 16.1 Å². The number of morpholine rings is 2. The van der Waals surface area contributed by atoms with E-state index in [9.17, 15) is 0 Å². The van der Waals surface area contributed by atoms with Crippen LogP contribution in [0, 0.1) is 0 Å². The summed E-state index contributed by atoms with van der Waals surface area (Å²) >= 11 is 0. The van der Waals surface area contributed by atoms with Crippen molar-refractivity contribution in [1.29, 1.82) is 0 Å². The number of hydrogen-bond acceptors (Lipinski definition) is 10. The standard InChI is InChI=1S/C25H29N7O3/c1-2-5-20(6-3-1)19-35-22-8-4-7-21(17-22)18-26-30-23-27-24(31-9-13-33-14-10-31)29-25(28-23)32-11-15-34-16-12-32/h1-8,17-18H,9-16,19H2,(H,27,28,29,30)/b26-18-. The Hall–Kier alpha value is -3.76. The molecular weight excluding hydrogens is 446 g/mol. The Morgan fingerprint density at radius 1 is 0.829 bits per heavy atom. The summed E-state index contributed by atoms with van der Waals surface area (Å²) in [5.41, 5.74) is 5.00. The molecule has 3 heterocycles. The van der Waals surface area contributed by atoms with Gasteiger partial charge in [0.05, 0.1) is 32.6 Å². The summed E-state index contributed by atoms with van der Waals surface area (Å²) in [5, 5.41) is 4.37. The molecule has 10 heteroatoms. The van der Waals surface area contributed by atoms with Crippen molar-refractivity contribution >= 4 is 24.1 Å². The zero-order valence-electron chi connectivity index (χ0n) is 19.5. The maximum absolute atomic E-state index is 5.92. The molecule has 2 fully saturated rings. The highest BCUT2D eigenvalue weighted by molar-refractivity contribution is 5.80. The minimum atomic E-state index is 0.399. The normalized spacial score (nSPS) is 16.5. The summed E-state index contributed by atoms with van der Waals surface area (Å²) in [6.07, 6.45) is 1.72. The van der Waals surface area contributed by atoms with Crippen LogP contribution in [0.15, 0.2) is 59.7 Å². The van der Waals surface area contributed by atoms with Crippen LogP contribution in [-0.4, -0.2) is 73.8 Å². The average molecular weight is 476 g/mol. The first-order valence-electron chi connectivity index (χ1n) is 11.8. The lowest BCUT2D eigenvalue weighted by atomic mass is 10.2. The van der Waals surface area contributed by atoms with Crippen LogP contribution >= 0.6 is 0 Å². The van der Waals surface area contributed by atoms with Gasteiger partial charge in [-0.05, 0) is 23.3 Å². The van der Waals surface area contributed by atoms with Crippen LogP contribution in [0.5, 0.6) is 5.75 Å². The molecule has 0 atom stereocenters. The third-order valence-corrected chi connectivity index (χ3v) is 5.68. The second-order valence-corrected chi connectivity index (χ2v) is 8.17. The maximum Gasteiger partial charge on any atom is 0.250 e. The molecule has 0 saturated carbocycles. The number of ether oxygens (including phenoxy) is 3. The molecule has 0 amide bonds. The second kappa shape index (κ2) is 11.6. The predicted octanol–water partition coefficient (Wildman–Crippen LogP) is 2.57. The van der Waals surface area contributed by atoms with Crippen LogP contribution < -0.4 is 20.0 Å². The molecular formula is C25H29N7O3. The van der Waals surface area contributed by atoms with E-state index in [4.69, 9.17) is 19.2 Å². The van der Waals surface area contributed by atoms with E-state index >= 15 is 0 Å². The fourth-order valence-corrected chi connectivity index (χ4v) is 3.80. The lowest BCUT2D eigenvalue weighted by molar-refractivity contribution is 0.121. The van der Waals surface area contributed by atoms with Gasteiger partial charge in [-0.3, -0.25) is 0 Å². The Bertz CT molecular complexity index is 1080. The van der Waals surface area contributed by atoms with Gasteiger partial charge in [0.1, 0.15) is 12.4 Å². The Morgan fingerprint density at radius 3 is 2.14 bits per heavy atom. The highest BCUT2D eigenvalue weighted by Gasteiger charge is 2.20. The van der Waals surface area contributed by atoms with Crippen LogP contribution in [0.25, 0.3) is 0 Å². The smallest absolute Gasteiger partial charge is 0.250 e. The molecule has 3 aromatic rings. The fraction of sp³-hybridized carbons (Fsp3) is 0.360. The first-order chi connectivity index (χ1) is 17.3. The first kappa shape index (κ1) is 23.0. The maximum atomic E-state index is 5.92. The van der Waals surface area contributed by atoms with E-state index in [0.717, 1.165) is 43.1 Å². The molecule has 2 aliphatic heterocycles. The van der Waals surface area contributed by atoms with Gasteiger partial charge in [0.25, 0.3) is 0 Å². The summed E-state index contributed by atoms with van der Waals surface area (Å²) in [7, 11) is 0. The van der Waals surface area contributed by atoms with Crippen molar-refractivity contribution in [3.05, 3.63) is 65.7 Å². The van der Waals surface area contributed by atoms with Crippen LogP contribution in [0.4, 0.5) is 17.8 Å². The highest BCUT2D eigenvalue weighted by Crippen LogP contribution is 2.19. The average Bonchev–Trinajstić information content (AvgIpc) is 2.94. The van der Waals surface area contributed by atoms with Crippen LogP contribution in [0.2, 0.25) is 0 Å². The topological polar surface area (TPSA) is 97.2 Å². The van der Waals surface area contributed by atoms with Gasteiger partial charge < -0.3 is 24.0 Å². The zero-order valence-corrected chi connectivity index (χ0v) is 19.5. The lowest BCUT2D eigenvalue weighted by Crippen LogP contribution is -2.40. The molecule has 0 aliphatic carbocycles. The van der Waals surface area contributed by atoms with Crippen LogP contribution in [0.1, 0.15) is 11.1 Å². The van der Waals surface area contributed by atoms with Crippen molar-refractivity contribution < 1.29 is 14.2 Å². The third kappa shape index (κ3) is 6.43. The number of aromatic nitrogens is 3. The molecule has 2 saturated heterocycles. The van der Waals surface area contributed by atoms with Gasteiger partial charge in [0.2, 0.25) is 17.8 Å². The van der Waals surface area contributed by atoms with Gasteiger partial charge in [-0.15, -0.1) is 0 Å². The molecule has 1 N–H and O–H groups in total. The molecule has 2 aromatic carbocycles. The quantitative estimate of drug-likeness (QED) is 0.389. The molecule has 10 nitrogen and oxygen atoms in total. The molecule has 2 aliphatic rings. The van der Waals surface area contributed by atoms with E-state index in [1.54, 1.807) is 6.21 Å². The molecule has 1 aromatic heterocycles. The summed E-state index contributed by atoms with van der Waals surface area (Å²) in [4.78, 5) is 18.1. The molecule has 35 heavy (non-hydrogen) atoms. The number of nitrogens with one attached hydrogen (secondary N) is 1. The third-order valence-electron chi connectivity index (χ3n) is 5.68. The number of benzene rings is 2. The van der Waals surface area contributed by atoms with E-state index in [1.807, 2.05) is 54.6 Å². The largest absolute Gasteiger partial charge is 0.489 e. The highest BCUT2D eigenvalue weighted by atomic mass is 16.5. The monoisotopic (exact) mass is 475 g/mol. The Morgan fingerprint density at radius 2 is 1.49 bits per heavy atom. The number of rotatable bonds is 8. The minimum Gasteiger partial charge on any atom is -0.489 e. The van der Waals surface area contributed by atoms with E-state index in [2.05, 4.69) is 30.3 Å². The zero-order chi connectivity index (χ0) is 23.7. The Labute approximate surface area is 204 Å². The number of nitrogens with zero attached hydrogens (tertiary/aromatic N) is 6. The Balaban J connectivity index is 1.27. The minimum absolute atomic E-state index is 0.399. The van der Waals surface area contributed by atoms with Crippen molar-refractivity contribution in [2.45, 2.75) is 6.61 Å². The summed E-state index contributed by atoms with van der Waals surface area (Å²) < 4.78 is 16.9. The van der Waals surface area contributed by atoms with E-state index in [-0.39, 0.29) is 0 Å². The molecule has 5 rings (SSSR count). The summed E-state index contributed by atoms with van der Waals surface area (Å²) in [6.45, 7) is 6.10. The van der Waals surface area contributed by atoms with E-state index < -0.39 is 0 Å². The second-order valence-electron chi connectivity index (χ2n) is 8.17. The van der Waals surface area contributed by atoms with Gasteiger partial charge in [-0.1, -0.05) is 42.5 Å². The van der Waals surface area contributed by atoms with Crippen molar-refractivity contribution in [3.8, 4) is 5.75 Å². The van der Waals surface area contributed by atoms with Crippen molar-refractivity contribution in [3.63, 3.8) is 0 Å². The van der Waals surface area contributed by atoms with Gasteiger partial charge in [0, 0.05) is 26.2 Å². The number of hydrogen-bond donors (Lipinski definition) is 1.